The third-order valence-electron chi connectivity index (χ3n) is 4.34. The first kappa shape index (κ1) is 15.0. The van der Waals surface area contributed by atoms with Crippen molar-refractivity contribution in [3.05, 3.63) is 96.6 Å². The molecule has 0 aliphatic rings. The summed E-state index contributed by atoms with van der Waals surface area (Å²) >= 11 is 0. The van der Waals surface area contributed by atoms with Gasteiger partial charge in [-0.3, -0.25) is 0 Å². The van der Waals surface area contributed by atoms with E-state index in [0.717, 1.165) is 6.42 Å². The van der Waals surface area contributed by atoms with Crippen molar-refractivity contribution >= 4 is 17.9 Å². The molecule has 0 saturated heterocycles. The number of hydrogen-bond acceptors (Lipinski definition) is 0. The van der Waals surface area contributed by atoms with Crippen molar-refractivity contribution in [3.8, 4) is 0 Å². The van der Waals surface area contributed by atoms with Gasteiger partial charge in [-0.25, -0.2) is 0 Å². The summed E-state index contributed by atoms with van der Waals surface area (Å²) in [5.41, 5.74) is 1.43. The molecule has 3 aromatic carbocycles. The van der Waals surface area contributed by atoms with E-state index in [9.17, 15) is 0 Å². The first-order valence-corrected chi connectivity index (χ1v) is 10.2. The van der Waals surface area contributed by atoms with Crippen LogP contribution in [0, 0.1) is 0 Å². The van der Waals surface area contributed by atoms with Gasteiger partial charge in [0.1, 0.15) is 0 Å². The minimum absolute atomic E-state index is 1.13. The molecule has 0 nitrogen and oxygen atoms in total. The standard InChI is InChI=1S/C21H22P/c1-22(20-13-7-3-8-14-20,21-15-9-4-10-16-21)18-17-19-11-5-2-6-12-19/h2-16H,17-18H2,1H3/q+1. The lowest BCUT2D eigenvalue weighted by molar-refractivity contribution is 1.14. The Balaban J connectivity index is 1.93. The highest BCUT2D eigenvalue weighted by Crippen LogP contribution is 2.52. The Morgan fingerprint density at radius 3 is 1.45 bits per heavy atom. The molecular formula is C21H22P+. The zero-order valence-corrected chi connectivity index (χ0v) is 13.9. The second kappa shape index (κ2) is 6.90. The summed E-state index contributed by atoms with van der Waals surface area (Å²) in [6.07, 6.45) is 2.35. The fourth-order valence-electron chi connectivity index (χ4n) is 2.92. The summed E-state index contributed by atoms with van der Waals surface area (Å²) in [5.74, 6) is 0. The van der Waals surface area contributed by atoms with Crippen molar-refractivity contribution in [2.24, 2.45) is 0 Å². The molecule has 0 spiro atoms. The molecule has 0 aliphatic heterocycles. The van der Waals surface area contributed by atoms with E-state index in [4.69, 9.17) is 0 Å². The molecule has 0 atom stereocenters. The number of aryl methyl sites for hydroxylation is 1. The lowest BCUT2D eigenvalue weighted by Crippen LogP contribution is -2.24. The van der Waals surface area contributed by atoms with E-state index in [1.54, 1.807) is 0 Å². The van der Waals surface area contributed by atoms with Gasteiger partial charge in [0.05, 0.1) is 30.7 Å². The zero-order valence-electron chi connectivity index (χ0n) is 13.0. The summed E-state index contributed by atoms with van der Waals surface area (Å²) in [6.45, 7) is 2.47. The Kier molecular flexibility index (Phi) is 4.71. The van der Waals surface area contributed by atoms with Crippen LogP contribution in [0.25, 0.3) is 0 Å². The molecule has 3 rings (SSSR count). The predicted octanol–water partition coefficient (Wildman–Crippen LogP) is 4.53. The van der Waals surface area contributed by atoms with Crippen molar-refractivity contribution in [2.75, 3.05) is 12.8 Å². The molecule has 110 valence electrons. The van der Waals surface area contributed by atoms with E-state index in [1.807, 2.05) is 0 Å². The number of hydrogen-bond donors (Lipinski definition) is 0. The van der Waals surface area contributed by atoms with Crippen LogP contribution in [-0.4, -0.2) is 12.8 Å². The molecule has 22 heavy (non-hydrogen) atoms. The Hall–Kier alpha value is -1.91. The lowest BCUT2D eigenvalue weighted by Gasteiger charge is -2.23. The van der Waals surface area contributed by atoms with E-state index >= 15 is 0 Å². The van der Waals surface area contributed by atoms with Gasteiger partial charge in [0.15, 0.2) is 0 Å². The summed E-state index contributed by atoms with van der Waals surface area (Å²) in [4.78, 5) is 0. The van der Waals surface area contributed by atoms with Gasteiger partial charge in [0, 0.05) is 6.42 Å². The number of rotatable bonds is 5. The highest BCUT2D eigenvalue weighted by atomic mass is 31.2. The van der Waals surface area contributed by atoms with Gasteiger partial charge in [-0.2, -0.15) is 0 Å². The molecule has 0 amide bonds. The fraction of sp³-hybridized carbons (Fsp3) is 0.143. The fourth-order valence-corrected chi connectivity index (χ4v) is 6.10. The molecule has 0 saturated carbocycles. The quantitative estimate of drug-likeness (QED) is 0.608. The van der Waals surface area contributed by atoms with Crippen molar-refractivity contribution in [1.29, 1.82) is 0 Å². The van der Waals surface area contributed by atoms with Crippen LogP contribution in [0.1, 0.15) is 5.56 Å². The van der Waals surface area contributed by atoms with Gasteiger partial charge in [0.2, 0.25) is 0 Å². The molecule has 0 fully saturated rings. The van der Waals surface area contributed by atoms with Crippen LogP contribution in [0.5, 0.6) is 0 Å². The molecule has 0 bridgehead atoms. The maximum atomic E-state index is 2.47. The monoisotopic (exact) mass is 305 g/mol. The van der Waals surface area contributed by atoms with E-state index in [-0.39, 0.29) is 0 Å². The third-order valence-corrected chi connectivity index (χ3v) is 8.34. The lowest BCUT2D eigenvalue weighted by atomic mass is 10.2. The van der Waals surface area contributed by atoms with E-state index < -0.39 is 7.26 Å². The molecule has 0 aromatic heterocycles. The van der Waals surface area contributed by atoms with Gasteiger partial charge in [-0.05, 0) is 29.8 Å². The second-order valence-electron chi connectivity index (χ2n) is 5.82. The van der Waals surface area contributed by atoms with Crippen molar-refractivity contribution in [2.45, 2.75) is 6.42 Å². The molecule has 3 aromatic rings. The van der Waals surface area contributed by atoms with E-state index in [2.05, 4.69) is 97.7 Å². The van der Waals surface area contributed by atoms with Crippen LogP contribution in [-0.2, 0) is 6.42 Å². The minimum atomic E-state index is -1.34. The minimum Gasteiger partial charge on any atom is -0.0622 e. The largest absolute Gasteiger partial charge is 0.0989 e. The second-order valence-corrected chi connectivity index (χ2v) is 9.68. The Morgan fingerprint density at radius 1 is 0.591 bits per heavy atom. The molecule has 0 aliphatic carbocycles. The Bertz CT molecular complexity index is 650. The first-order valence-electron chi connectivity index (χ1n) is 7.80. The molecule has 0 radical (unpaired) electrons. The summed E-state index contributed by atoms with van der Waals surface area (Å²) in [6, 6.07) is 32.9. The molecule has 0 unspecified atom stereocenters. The highest BCUT2D eigenvalue weighted by molar-refractivity contribution is 7.88. The van der Waals surface area contributed by atoms with Crippen molar-refractivity contribution in [1.82, 2.24) is 0 Å². The van der Waals surface area contributed by atoms with Crippen molar-refractivity contribution in [3.63, 3.8) is 0 Å². The van der Waals surface area contributed by atoms with Crippen LogP contribution in [0.3, 0.4) is 0 Å². The number of benzene rings is 3. The van der Waals surface area contributed by atoms with E-state index in [1.165, 1.54) is 22.3 Å². The summed E-state index contributed by atoms with van der Waals surface area (Å²) in [5, 5.41) is 2.99. The van der Waals surface area contributed by atoms with Crippen LogP contribution in [0.15, 0.2) is 91.0 Å². The average Bonchev–Trinajstić information content (AvgIpc) is 2.62. The first-order chi connectivity index (χ1) is 10.8. The van der Waals surface area contributed by atoms with E-state index in [0.29, 0.717) is 0 Å². The van der Waals surface area contributed by atoms with Crippen LogP contribution in [0.4, 0.5) is 0 Å². The Labute approximate surface area is 134 Å². The average molecular weight is 305 g/mol. The van der Waals surface area contributed by atoms with Crippen molar-refractivity contribution < 1.29 is 0 Å². The smallest absolute Gasteiger partial charge is 0.0622 e. The van der Waals surface area contributed by atoms with Gasteiger partial charge >= 0.3 is 0 Å². The molecule has 0 N–H and O–H groups in total. The zero-order chi connectivity index (χ0) is 15.3. The summed E-state index contributed by atoms with van der Waals surface area (Å²) in [7, 11) is -1.34. The van der Waals surface area contributed by atoms with Gasteiger partial charge in [-0.15, -0.1) is 0 Å². The SMILES string of the molecule is C[P+](CCc1ccccc1)(c1ccccc1)c1ccccc1. The van der Waals surface area contributed by atoms with Gasteiger partial charge < -0.3 is 0 Å². The Morgan fingerprint density at radius 2 is 1.00 bits per heavy atom. The maximum absolute atomic E-state index is 2.47. The maximum Gasteiger partial charge on any atom is 0.0989 e. The normalized spacial score (nSPS) is 11.3. The molecule has 0 heterocycles. The van der Waals surface area contributed by atoms with Crippen LogP contribution < -0.4 is 10.6 Å². The topological polar surface area (TPSA) is 0 Å². The third kappa shape index (κ3) is 3.29. The summed E-state index contributed by atoms with van der Waals surface area (Å²) < 4.78 is 0. The van der Waals surface area contributed by atoms with Crippen LogP contribution >= 0.6 is 7.26 Å². The van der Waals surface area contributed by atoms with Crippen LogP contribution in [0.2, 0.25) is 0 Å². The highest BCUT2D eigenvalue weighted by Gasteiger charge is 2.36. The van der Waals surface area contributed by atoms with Gasteiger partial charge in [-0.1, -0.05) is 66.7 Å². The molecule has 1 heteroatoms. The van der Waals surface area contributed by atoms with Gasteiger partial charge in [0.25, 0.3) is 0 Å². The predicted molar refractivity (Wildman–Crippen MR) is 100 cm³/mol. The molecular weight excluding hydrogens is 283 g/mol.